The minimum atomic E-state index is -0.747. The molecule has 27 heavy (non-hydrogen) atoms. The molecule has 0 aromatic heterocycles. The first kappa shape index (κ1) is 20.5. The summed E-state index contributed by atoms with van der Waals surface area (Å²) < 4.78 is 5.31. The van der Waals surface area contributed by atoms with Gasteiger partial charge in [0.2, 0.25) is 5.91 Å². The Kier molecular flexibility index (Phi) is 6.61. The molecule has 0 saturated carbocycles. The highest BCUT2D eigenvalue weighted by atomic mass is 16.6. The fraction of sp³-hybridized carbons (Fsp3) is 0.364. The van der Waals surface area contributed by atoms with E-state index in [2.05, 4.69) is 10.6 Å². The van der Waals surface area contributed by atoms with Crippen LogP contribution in [0.2, 0.25) is 0 Å². The molecule has 5 nitrogen and oxygen atoms in total. The highest BCUT2D eigenvalue weighted by molar-refractivity contribution is 5.96. The van der Waals surface area contributed by atoms with E-state index in [-0.39, 0.29) is 5.91 Å². The van der Waals surface area contributed by atoms with E-state index in [9.17, 15) is 9.59 Å². The third kappa shape index (κ3) is 7.13. The molecule has 0 saturated heterocycles. The van der Waals surface area contributed by atoms with E-state index < -0.39 is 17.7 Å². The van der Waals surface area contributed by atoms with Gasteiger partial charge in [0, 0.05) is 12.1 Å². The van der Waals surface area contributed by atoms with Crippen molar-refractivity contribution in [2.24, 2.45) is 0 Å². The monoisotopic (exact) mass is 368 g/mol. The molecule has 144 valence electrons. The normalized spacial score (nSPS) is 12.2. The number of anilines is 1. The van der Waals surface area contributed by atoms with Gasteiger partial charge in [0.25, 0.3) is 0 Å². The first-order valence-corrected chi connectivity index (χ1v) is 9.05. The second-order valence-corrected chi connectivity index (χ2v) is 7.75. The van der Waals surface area contributed by atoms with Gasteiger partial charge in [-0.25, -0.2) is 4.79 Å². The largest absolute Gasteiger partial charge is 0.444 e. The van der Waals surface area contributed by atoms with Crippen LogP contribution >= 0.6 is 0 Å². The average molecular weight is 368 g/mol. The lowest BCUT2D eigenvalue weighted by Gasteiger charge is -2.23. The Bertz CT molecular complexity index is 775. The molecule has 0 radical (unpaired) electrons. The van der Waals surface area contributed by atoms with Crippen LogP contribution in [-0.4, -0.2) is 23.6 Å². The highest BCUT2D eigenvalue weighted by Gasteiger charge is 2.25. The third-order valence-corrected chi connectivity index (χ3v) is 3.78. The molecule has 2 amide bonds. The van der Waals surface area contributed by atoms with Gasteiger partial charge in [-0.1, -0.05) is 36.4 Å². The molecule has 0 aliphatic rings. The zero-order valence-electron chi connectivity index (χ0n) is 16.6. The SMILES string of the molecule is Cc1cc(C)cc(NC(=O)[C@H](Cc2ccccc2)NC(=O)OC(C)(C)C)c1. The van der Waals surface area contributed by atoms with E-state index in [0.29, 0.717) is 12.1 Å². The van der Waals surface area contributed by atoms with Crippen molar-refractivity contribution in [3.8, 4) is 0 Å². The highest BCUT2D eigenvalue weighted by Crippen LogP contribution is 2.15. The second-order valence-electron chi connectivity index (χ2n) is 7.75. The van der Waals surface area contributed by atoms with Crippen molar-refractivity contribution in [1.29, 1.82) is 0 Å². The van der Waals surface area contributed by atoms with E-state index in [1.54, 1.807) is 20.8 Å². The van der Waals surface area contributed by atoms with Crippen LogP contribution in [0.3, 0.4) is 0 Å². The number of hydrogen-bond donors (Lipinski definition) is 2. The summed E-state index contributed by atoms with van der Waals surface area (Å²) in [6.45, 7) is 9.31. The molecule has 0 bridgehead atoms. The summed E-state index contributed by atoms with van der Waals surface area (Å²) in [5.74, 6) is -0.283. The summed E-state index contributed by atoms with van der Waals surface area (Å²) in [5, 5.41) is 5.60. The van der Waals surface area contributed by atoms with E-state index in [0.717, 1.165) is 16.7 Å². The molecule has 0 aliphatic carbocycles. The predicted molar refractivity (Wildman–Crippen MR) is 108 cm³/mol. The Morgan fingerprint density at radius 2 is 1.59 bits per heavy atom. The van der Waals surface area contributed by atoms with Gasteiger partial charge < -0.3 is 15.4 Å². The van der Waals surface area contributed by atoms with E-state index in [4.69, 9.17) is 4.74 Å². The predicted octanol–water partition coefficient (Wildman–Crippen LogP) is 4.38. The van der Waals surface area contributed by atoms with Crippen LogP contribution in [0.25, 0.3) is 0 Å². The van der Waals surface area contributed by atoms with Gasteiger partial charge in [0.15, 0.2) is 0 Å². The van der Waals surface area contributed by atoms with Crippen LogP contribution in [0, 0.1) is 13.8 Å². The summed E-state index contributed by atoms with van der Waals surface area (Å²) in [6, 6.07) is 14.7. The molecule has 1 atom stereocenters. The number of alkyl carbamates (subject to hydrolysis) is 1. The van der Waals surface area contributed by atoms with Gasteiger partial charge in [-0.15, -0.1) is 0 Å². The van der Waals surface area contributed by atoms with Crippen LogP contribution < -0.4 is 10.6 Å². The van der Waals surface area contributed by atoms with Crippen molar-refractivity contribution < 1.29 is 14.3 Å². The van der Waals surface area contributed by atoms with Crippen LogP contribution in [0.5, 0.6) is 0 Å². The Morgan fingerprint density at radius 3 is 2.15 bits per heavy atom. The molecule has 2 N–H and O–H groups in total. The van der Waals surface area contributed by atoms with Gasteiger partial charge in [0.1, 0.15) is 11.6 Å². The fourth-order valence-electron chi connectivity index (χ4n) is 2.79. The summed E-state index contributed by atoms with van der Waals surface area (Å²) in [4.78, 5) is 25.1. The van der Waals surface area contributed by atoms with Gasteiger partial charge in [-0.3, -0.25) is 4.79 Å². The van der Waals surface area contributed by atoms with Gasteiger partial charge in [0.05, 0.1) is 0 Å². The van der Waals surface area contributed by atoms with Crippen LogP contribution in [-0.2, 0) is 16.0 Å². The zero-order chi connectivity index (χ0) is 20.0. The lowest BCUT2D eigenvalue weighted by atomic mass is 10.0. The maximum absolute atomic E-state index is 12.9. The maximum atomic E-state index is 12.9. The molecule has 0 heterocycles. The number of amides is 2. The number of hydrogen-bond acceptors (Lipinski definition) is 3. The van der Waals surface area contributed by atoms with E-state index >= 15 is 0 Å². The van der Waals surface area contributed by atoms with Crippen LogP contribution in [0.1, 0.15) is 37.5 Å². The molecule has 2 rings (SSSR count). The molecular weight excluding hydrogens is 340 g/mol. The molecule has 2 aromatic rings. The fourth-order valence-corrected chi connectivity index (χ4v) is 2.79. The second kappa shape index (κ2) is 8.71. The van der Waals surface area contributed by atoms with Gasteiger partial charge >= 0.3 is 6.09 Å². The molecule has 2 aromatic carbocycles. The number of aryl methyl sites for hydroxylation is 2. The van der Waals surface area contributed by atoms with Gasteiger partial charge in [-0.2, -0.15) is 0 Å². The van der Waals surface area contributed by atoms with Crippen molar-refractivity contribution in [1.82, 2.24) is 5.32 Å². The average Bonchev–Trinajstić information content (AvgIpc) is 2.52. The molecule has 0 unspecified atom stereocenters. The summed E-state index contributed by atoms with van der Waals surface area (Å²) in [6.07, 6.45) is -0.240. The molecule has 0 fully saturated rings. The number of rotatable bonds is 5. The van der Waals surface area contributed by atoms with Crippen molar-refractivity contribution in [2.45, 2.75) is 52.7 Å². The summed E-state index contributed by atoms with van der Waals surface area (Å²) in [5.41, 5.74) is 3.15. The Labute approximate surface area is 161 Å². The molecular formula is C22H28N2O3. The van der Waals surface area contributed by atoms with Crippen LogP contribution in [0.15, 0.2) is 48.5 Å². The smallest absolute Gasteiger partial charge is 0.408 e. The quantitative estimate of drug-likeness (QED) is 0.823. The minimum Gasteiger partial charge on any atom is -0.444 e. The summed E-state index contributed by atoms with van der Waals surface area (Å²) in [7, 11) is 0. The number of carbonyl (C=O) groups is 2. The Hall–Kier alpha value is -2.82. The van der Waals surface area contributed by atoms with Crippen LogP contribution in [0.4, 0.5) is 10.5 Å². The Balaban J connectivity index is 2.16. The first-order valence-electron chi connectivity index (χ1n) is 9.05. The van der Waals surface area contributed by atoms with Gasteiger partial charge in [-0.05, 0) is 63.4 Å². The van der Waals surface area contributed by atoms with Crippen molar-refractivity contribution in [2.75, 3.05) is 5.32 Å². The number of benzene rings is 2. The standard InChI is InChI=1S/C22H28N2O3/c1-15-11-16(2)13-18(12-15)23-20(25)19(14-17-9-7-6-8-10-17)24-21(26)27-22(3,4)5/h6-13,19H,14H2,1-5H3,(H,23,25)(H,24,26)/t19-/m0/s1. The first-order chi connectivity index (χ1) is 12.6. The van der Waals surface area contributed by atoms with Crippen molar-refractivity contribution in [3.05, 3.63) is 65.2 Å². The lowest BCUT2D eigenvalue weighted by Crippen LogP contribution is -2.47. The molecule has 0 aliphatic heterocycles. The number of nitrogens with one attached hydrogen (secondary N) is 2. The number of ether oxygens (including phenoxy) is 1. The topological polar surface area (TPSA) is 67.4 Å². The maximum Gasteiger partial charge on any atom is 0.408 e. The van der Waals surface area contributed by atoms with Crippen molar-refractivity contribution in [3.63, 3.8) is 0 Å². The van der Waals surface area contributed by atoms with E-state index in [1.807, 2.05) is 62.4 Å². The minimum absolute atomic E-state index is 0.283. The Morgan fingerprint density at radius 1 is 1.00 bits per heavy atom. The molecule has 0 spiro atoms. The molecule has 5 heteroatoms. The lowest BCUT2D eigenvalue weighted by molar-refractivity contribution is -0.118. The third-order valence-electron chi connectivity index (χ3n) is 3.78. The number of carbonyl (C=O) groups excluding carboxylic acids is 2. The summed E-state index contributed by atoms with van der Waals surface area (Å²) >= 11 is 0. The van der Waals surface area contributed by atoms with Crippen molar-refractivity contribution >= 4 is 17.7 Å². The zero-order valence-corrected chi connectivity index (χ0v) is 16.6. The van der Waals surface area contributed by atoms with E-state index in [1.165, 1.54) is 0 Å².